The van der Waals surface area contributed by atoms with Crippen LogP contribution in [0.4, 0.5) is 0 Å². The van der Waals surface area contributed by atoms with Crippen LogP contribution in [0, 0.1) is 6.92 Å². The summed E-state index contributed by atoms with van der Waals surface area (Å²) in [7, 11) is 0. The number of hydrogen-bond donors (Lipinski definition) is 1. The van der Waals surface area contributed by atoms with E-state index < -0.39 is 0 Å². The summed E-state index contributed by atoms with van der Waals surface area (Å²) in [6.45, 7) is 3.22. The van der Waals surface area contributed by atoms with Crippen molar-refractivity contribution in [3.05, 3.63) is 60.2 Å². The Labute approximate surface area is 122 Å². The van der Waals surface area contributed by atoms with E-state index in [9.17, 15) is 4.79 Å². The van der Waals surface area contributed by atoms with Crippen LogP contribution in [-0.2, 0) is 6.54 Å². The van der Waals surface area contributed by atoms with Crippen LogP contribution < -0.4 is 5.32 Å². The molecule has 3 aromatic rings. The quantitative estimate of drug-likeness (QED) is 0.796. The molecule has 0 atom stereocenters. The molecule has 0 aliphatic heterocycles. The zero-order chi connectivity index (χ0) is 14.7. The van der Waals surface area contributed by atoms with E-state index in [-0.39, 0.29) is 5.91 Å². The molecule has 0 fully saturated rings. The summed E-state index contributed by atoms with van der Waals surface area (Å²) in [5, 5.41) is 2.90. The third-order valence-electron chi connectivity index (χ3n) is 3.39. The SMILES string of the molecule is Cc1nc2ccccc2n1CCNC(=O)c1cccnc1. The maximum Gasteiger partial charge on any atom is 0.252 e. The van der Waals surface area contributed by atoms with Crippen LogP contribution in [0.3, 0.4) is 0 Å². The van der Waals surface area contributed by atoms with Gasteiger partial charge in [-0.25, -0.2) is 4.98 Å². The molecule has 1 aromatic carbocycles. The van der Waals surface area contributed by atoms with Crippen molar-refractivity contribution in [3.63, 3.8) is 0 Å². The Morgan fingerprint density at radius 1 is 1.24 bits per heavy atom. The number of pyridine rings is 1. The predicted molar refractivity (Wildman–Crippen MR) is 81.0 cm³/mol. The number of hydrogen-bond acceptors (Lipinski definition) is 3. The molecule has 0 spiro atoms. The highest BCUT2D eigenvalue weighted by Gasteiger charge is 2.08. The molecule has 3 rings (SSSR count). The number of aromatic nitrogens is 3. The smallest absolute Gasteiger partial charge is 0.252 e. The number of imidazole rings is 1. The van der Waals surface area contributed by atoms with E-state index in [0.717, 1.165) is 16.9 Å². The summed E-state index contributed by atoms with van der Waals surface area (Å²) in [6, 6.07) is 11.5. The van der Waals surface area contributed by atoms with Gasteiger partial charge in [-0.3, -0.25) is 9.78 Å². The average molecular weight is 280 g/mol. The molecule has 1 amide bonds. The fourth-order valence-electron chi connectivity index (χ4n) is 2.36. The number of nitrogens with one attached hydrogen (secondary N) is 1. The lowest BCUT2D eigenvalue weighted by Gasteiger charge is -2.08. The molecule has 5 nitrogen and oxygen atoms in total. The van der Waals surface area contributed by atoms with Gasteiger partial charge in [-0.05, 0) is 31.2 Å². The van der Waals surface area contributed by atoms with Crippen LogP contribution in [0.25, 0.3) is 11.0 Å². The molecule has 1 N–H and O–H groups in total. The van der Waals surface area contributed by atoms with Crippen molar-refractivity contribution in [1.82, 2.24) is 19.9 Å². The maximum absolute atomic E-state index is 11.9. The van der Waals surface area contributed by atoms with E-state index >= 15 is 0 Å². The molecule has 0 saturated carbocycles. The lowest BCUT2D eigenvalue weighted by molar-refractivity contribution is 0.0952. The molecule has 0 radical (unpaired) electrons. The third kappa shape index (κ3) is 2.76. The van der Waals surface area contributed by atoms with E-state index in [2.05, 4.69) is 19.9 Å². The highest BCUT2D eigenvalue weighted by molar-refractivity contribution is 5.93. The van der Waals surface area contributed by atoms with Gasteiger partial charge in [-0.1, -0.05) is 12.1 Å². The first-order valence-corrected chi connectivity index (χ1v) is 6.86. The van der Waals surface area contributed by atoms with Crippen molar-refractivity contribution in [2.24, 2.45) is 0 Å². The second kappa shape index (κ2) is 5.75. The largest absolute Gasteiger partial charge is 0.350 e. The fraction of sp³-hybridized carbons (Fsp3) is 0.188. The first-order valence-electron chi connectivity index (χ1n) is 6.86. The summed E-state index contributed by atoms with van der Waals surface area (Å²) in [6.07, 6.45) is 3.21. The van der Waals surface area contributed by atoms with Crippen LogP contribution >= 0.6 is 0 Å². The number of amides is 1. The van der Waals surface area contributed by atoms with E-state index in [1.54, 1.807) is 24.5 Å². The fourth-order valence-corrected chi connectivity index (χ4v) is 2.36. The van der Waals surface area contributed by atoms with Gasteiger partial charge in [-0.2, -0.15) is 0 Å². The Balaban J connectivity index is 1.67. The van der Waals surface area contributed by atoms with Gasteiger partial charge < -0.3 is 9.88 Å². The number of rotatable bonds is 4. The number of para-hydroxylation sites is 2. The molecule has 2 aromatic heterocycles. The molecule has 21 heavy (non-hydrogen) atoms. The molecule has 0 bridgehead atoms. The Morgan fingerprint density at radius 2 is 2.10 bits per heavy atom. The average Bonchev–Trinajstić information content (AvgIpc) is 2.84. The van der Waals surface area contributed by atoms with Gasteiger partial charge in [0.25, 0.3) is 5.91 Å². The third-order valence-corrected chi connectivity index (χ3v) is 3.39. The van der Waals surface area contributed by atoms with Crippen molar-refractivity contribution in [3.8, 4) is 0 Å². The molecule has 0 unspecified atom stereocenters. The maximum atomic E-state index is 11.9. The Kier molecular flexibility index (Phi) is 3.64. The standard InChI is InChI=1S/C16H16N4O/c1-12-19-14-6-2-3-7-15(14)20(12)10-9-18-16(21)13-5-4-8-17-11-13/h2-8,11H,9-10H2,1H3,(H,18,21). The minimum atomic E-state index is -0.106. The van der Waals surface area contributed by atoms with Gasteiger partial charge in [0.05, 0.1) is 16.6 Å². The van der Waals surface area contributed by atoms with Gasteiger partial charge in [0.15, 0.2) is 0 Å². The molecule has 2 heterocycles. The molecule has 0 aliphatic carbocycles. The van der Waals surface area contributed by atoms with Crippen LogP contribution in [-0.4, -0.2) is 27.0 Å². The summed E-state index contributed by atoms with van der Waals surface area (Å²) in [5.74, 6) is 0.844. The Bertz CT molecular complexity index is 764. The first-order chi connectivity index (χ1) is 10.3. The normalized spacial score (nSPS) is 10.7. The topological polar surface area (TPSA) is 59.8 Å². The lowest BCUT2D eigenvalue weighted by atomic mass is 10.3. The van der Waals surface area contributed by atoms with E-state index in [0.29, 0.717) is 18.7 Å². The molecular weight excluding hydrogens is 264 g/mol. The lowest BCUT2D eigenvalue weighted by Crippen LogP contribution is -2.27. The van der Waals surface area contributed by atoms with E-state index in [1.807, 2.05) is 31.2 Å². The first kappa shape index (κ1) is 13.3. The van der Waals surface area contributed by atoms with Crippen molar-refractivity contribution < 1.29 is 4.79 Å². The number of benzene rings is 1. The van der Waals surface area contributed by atoms with Crippen LogP contribution in [0.5, 0.6) is 0 Å². The number of aryl methyl sites for hydroxylation is 1. The van der Waals surface area contributed by atoms with Gasteiger partial charge in [0, 0.05) is 25.5 Å². The van der Waals surface area contributed by atoms with Gasteiger partial charge in [0.1, 0.15) is 5.82 Å². The van der Waals surface area contributed by atoms with Gasteiger partial charge >= 0.3 is 0 Å². The number of fused-ring (bicyclic) bond motifs is 1. The van der Waals surface area contributed by atoms with Crippen LogP contribution in [0.15, 0.2) is 48.8 Å². The van der Waals surface area contributed by atoms with Crippen molar-refractivity contribution >= 4 is 16.9 Å². The summed E-state index contributed by atoms with van der Waals surface area (Å²) in [5.41, 5.74) is 2.64. The number of carbonyl (C=O) groups excluding carboxylic acids is 1. The van der Waals surface area contributed by atoms with E-state index in [1.165, 1.54) is 0 Å². The van der Waals surface area contributed by atoms with Crippen LogP contribution in [0.2, 0.25) is 0 Å². The highest BCUT2D eigenvalue weighted by atomic mass is 16.1. The summed E-state index contributed by atoms with van der Waals surface area (Å²) >= 11 is 0. The number of nitrogens with zero attached hydrogens (tertiary/aromatic N) is 3. The monoisotopic (exact) mass is 280 g/mol. The molecule has 0 aliphatic rings. The van der Waals surface area contributed by atoms with Crippen molar-refractivity contribution in [1.29, 1.82) is 0 Å². The Morgan fingerprint density at radius 3 is 2.90 bits per heavy atom. The predicted octanol–water partition coefficient (Wildman–Crippen LogP) is 2.17. The Hall–Kier alpha value is -2.69. The highest BCUT2D eigenvalue weighted by Crippen LogP contribution is 2.14. The van der Waals surface area contributed by atoms with Gasteiger partial charge in [-0.15, -0.1) is 0 Å². The molecule has 0 saturated heterocycles. The molecule has 106 valence electrons. The summed E-state index contributed by atoms with van der Waals surface area (Å²) < 4.78 is 2.11. The minimum Gasteiger partial charge on any atom is -0.350 e. The van der Waals surface area contributed by atoms with E-state index in [4.69, 9.17) is 0 Å². The van der Waals surface area contributed by atoms with Crippen LogP contribution in [0.1, 0.15) is 16.2 Å². The summed E-state index contributed by atoms with van der Waals surface area (Å²) in [4.78, 5) is 20.4. The van der Waals surface area contributed by atoms with Crippen molar-refractivity contribution in [2.75, 3.05) is 6.54 Å². The van der Waals surface area contributed by atoms with Crippen molar-refractivity contribution in [2.45, 2.75) is 13.5 Å². The second-order valence-electron chi connectivity index (χ2n) is 4.80. The second-order valence-corrected chi connectivity index (χ2v) is 4.80. The minimum absolute atomic E-state index is 0.106. The van der Waals surface area contributed by atoms with Gasteiger partial charge in [0.2, 0.25) is 0 Å². The zero-order valence-electron chi connectivity index (χ0n) is 11.8. The molecular formula is C16H16N4O. The molecule has 5 heteroatoms. The zero-order valence-corrected chi connectivity index (χ0v) is 11.8. The number of carbonyl (C=O) groups is 1.